The number of urea groups is 1. The van der Waals surface area contributed by atoms with Crippen LogP contribution in [0.1, 0.15) is 45.6 Å². The molecule has 0 aliphatic carbocycles. The van der Waals surface area contributed by atoms with Crippen LogP contribution in [0, 0.1) is 0 Å². The molecule has 0 bridgehead atoms. The highest BCUT2D eigenvalue weighted by atomic mass is 32.2. The van der Waals surface area contributed by atoms with Crippen LogP contribution in [0.15, 0.2) is 24.3 Å². The molecule has 1 N–H and O–H groups in total. The predicted molar refractivity (Wildman–Crippen MR) is 98.6 cm³/mol. The molecular weight excluding hydrogens is 340 g/mol. The van der Waals surface area contributed by atoms with Crippen molar-refractivity contribution in [2.75, 3.05) is 18.1 Å². The summed E-state index contributed by atoms with van der Waals surface area (Å²) in [5, 5.41) is 2.82. The minimum absolute atomic E-state index is 0.0414. The summed E-state index contributed by atoms with van der Waals surface area (Å²) >= 11 is 0. The maximum absolute atomic E-state index is 12.5. The molecule has 1 saturated heterocycles. The molecule has 2 unspecified atom stereocenters. The Labute approximate surface area is 150 Å². The van der Waals surface area contributed by atoms with Crippen molar-refractivity contribution < 1.29 is 17.9 Å². The molecule has 1 aromatic carbocycles. The molecule has 2 atom stereocenters. The van der Waals surface area contributed by atoms with E-state index in [0.717, 1.165) is 11.3 Å². The highest BCUT2D eigenvalue weighted by molar-refractivity contribution is 7.91. The van der Waals surface area contributed by atoms with Crippen LogP contribution in [0.4, 0.5) is 4.79 Å². The second kappa shape index (κ2) is 8.08. The van der Waals surface area contributed by atoms with Crippen molar-refractivity contribution in [2.24, 2.45) is 0 Å². The smallest absolute Gasteiger partial charge is 0.320 e. The molecule has 6 nitrogen and oxygen atoms in total. The van der Waals surface area contributed by atoms with E-state index in [4.69, 9.17) is 4.74 Å². The van der Waals surface area contributed by atoms with Gasteiger partial charge in [0.05, 0.1) is 11.5 Å². The third-order valence-electron chi connectivity index (χ3n) is 4.42. The van der Waals surface area contributed by atoms with Crippen molar-refractivity contribution in [1.29, 1.82) is 0 Å². The van der Waals surface area contributed by atoms with Gasteiger partial charge < -0.3 is 15.0 Å². The normalized spacial score (nSPS) is 20.3. The number of sulfone groups is 1. The van der Waals surface area contributed by atoms with Gasteiger partial charge in [-0.1, -0.05) is 32.0 Å². The molecule has 7 heteroatoms. The van der Waals surface area contributed by atoms with Crippen LogP contribution in [-0.4, -0.2) is 49.7 Å². The largest absolute Gasteiger partial charge is 0.471 e. The molecule has 2 rings (SSSR count). The zero-order valence-electron chi connectivity index (χ0n) is 15.4. The topological polar surface area (TPSA) is 75.7 Å². The number of para-hydroxylation sites is 1. The maximum Gasteiger partial charge on any atom is 0.320 e. The lowest BCUT2D eigenvalue weighted by Gasteiger charge is -2.29. The number of benzene rings is 1. The monoisotopic (exact) mass is 368 g/mol. The first-order chi connectivity index (χ1) is 11.7. The number of nitrogens with one attached hydrogen (secondary N) is 1. The van der Waals surface area contributed by atoms with E-state index >= 15 is 0 Å². The first kappa shape index (κ1) is 19.6. The van der Waals surface area contributed by atoms with Crippen LogP contribution in [0.3, 0.4) is 0 Å². The summed E-state index contributed by atoms with van der Waals surface area (Å²) < 4.78 is 29.2. The second-order valence-electron chi connectivity index (χ2n) is 6.74. The van der Waals surface area contributed by atoms with Crippen LogP contribution < -0.4 is 10.1 Å². The zero-order valence-corrected chi connectivity index (χ0v) is 16.2. The van der Waals surface area contributed by atoms with E-state index in [1.165, 1.54) is 0 Å². The average molecular weight is 368 g/mol. The van der Waals surface area contributed by atoms with Gasteiger partial charge in [-0.15, -0.1) is 0 Å². The van der Waals surface area contributed by atoms with Gasteiger partial charge in [0.2, 0.25) is 0 Å². The Bertz CT molecular complexity index is 703. The lowest BCUT2D eigenvalue weighted by Crippen LogP contribution is -2.50. The summed E-state index contributed by atoms with van der Waals surface area (Å²) in [7, 11) is -3.03. The molecule has 2 amide bonds. The van der Waals surface area contributed by atoms with Gasteiger partial charge in [-0.3, -0.25) is 0 Å². The maximum atomic E-state index is 12.5. The summed E-state index contributed by atoms with van der Waals surface area (Å²) in [5.74, 6) is 1.25. The Hall–Kier alpha value is -1.76. The summed E-state index contributed by atoms with van der Waals surface area (Å²) in [5.41, 5.74) is 1.08. The SMILES string of the molecule is CCN(C(=O)NC(C)Oc1ccccc1C(C)C)C1CCS(=O)(=O)C1. The van der Waals surface area contributed by atoms with Crippen molar-refractivity contribution in [3.05, 3.63) is 29.8 Å². The van der Waals surface area contributed by atoms with Crippen LogP contribution in [0.5, 0.6) is 5.75 Å². The lowest BCUT2D eigenvalue weighted by atomic mass is 10.0. The van der Waals surface area contributed by atoms with E-state index in [-0.39, 0.29) is 23.6 Å². The number of ether oxygens (including phenoxy) is 1. The van der Waals surface area contributed by atoms with E-state index < -0.39 is 16.1 Å². The van der Waals surface area contributed by atoms with E-state index in [0.29, 0.717) is 18.9 Å². The minimum Gasteiger partial charge on any atom is -0.471 e. The van der Waals surface area contributed by atoms with Gasteiger partial charge in [-0.25, -0.2) is 13.2 Å². The summed E-state index contributed by atoms with van der Waals surface area (Å²) in [6.07, 6.45) is -0.0193. The molecule has 0 radical (unpaired) electrons. The molecule has 140 valence electrons. The molecular formula is C18H28N2O4S. The van der Waals surface area contributed by atoms with Crippen molar-refractivity contribution in [3.8, 4) is 5.75 Å². The van der Waals surface area contributed by atoms with Crippen molar-refractivity contribution in [1.82, 2.24) is 10.2 Å². The molecule has 1 fully saturated rings. The van der Waals surface area contributed by atoms with Gasteiger partial charge >= 0.3 is 6.03 Å². The summed E-state index contributed by atoms with van der Waals surface area (Å²) in [6.45, 7) is 8.26. The van der Waals surface area contributed by atoms with Gasteiger partial charge in [-0.2, -0.15) is 0 Å². The molecule has 1 aliphatic rings. The molecule has 1 heterocycles. The second-order valence-corrected chi connectivity index (χ2v) is 8.97. The first-order valence-electron chi connectivity index (χ1n) is 8.76. The quantitative estimate of drug-likeness (QED) is 0.784. The Morgan fingerprint density at radius 1 is 1.32 bits per heavy atom. The number of hydrogen-bond donors (Lipinski definition) is 1. The molecule has 0 spiro atoms. The number of rotatable bonds is 6. The van der Waals surface area contributed by atoms with Crippen LogP contribution in [0.25, 0.3) is 0 Å². The molecule has 25 heavy (non-hydrogen) atoms. The van der Waals surface area contributed by atoms with Crippen molar-refractivity contribution in [2.45, 2.75) is 52.3 Å². The van der Waals surface area contributed by atoms with Crippen molar-refractivity contribution >= 4 is 15.9 Å². The zero-order chi connectivity index (χ0) is 18.6. The number of carbonyl (C=O) groups is 1. The predicted octanol–water partition coefficient (Wildman–Crippen LogP) is 2.75. The molecule has 0 saturated carbocycles. The van der Waals surface area contributed by atoms with Crippen LogP contribution >= 0.6 is 0 Å². The van der Waals surface area contributed by atoms with Gasteiger partial charge in [-0.05, 0) is 37.8 Å². The van der Waals surface area contributed by atoms with Gasteiger partial charge in [0.25, 0.3) is 0 Å². The van der Waals surface area contributed by atoms with E-state index in [1.54, 1.807) is 11.8 Å². The fraction of sp³-hybridized carbons (Fsp3) is 0.611. The summed E-state index contributed by atoms with van der Waals surface area (Å²) in [6, 6.07) is 7.21. The number of carbonyl (C=O) groups excluding carboxylic acids is 1. The highest BCUT2D eigenvalue weighted by Crippen LogP contribution is 2.26. The van der Waals surface area contributed by atoms with Gasteiger partial charge in [0.1, 0.15) is 5.75 Å². The Balaban J connectivity index is 2.00. The first-order valence-corrected chi connectivity index (χ1v) is 10.6. The van der Waals surface area contributed by atoms with Gasteiger partial charge in [0, 0.05) is 12.6 Å². The van der Waals surface area contributed by atoms with E-state index in [9.17, 15) is 13.2 Å². The van der Waals surface area contributed by atoms with Crippen LogP contribution in [-0.2, 0) is 9.84 Å². The third kappa shape index (κ3) is 5.11. The minimum atomic E-state index is -3.03. The number of amides is 2. The van der Waals surface area contributed by atoms with E-state index in [1.807, 2.05) is 31.2 Å². The Morgan fingerprint density at radius 3 is 2.56 bits per heavy atom. The fourth-order valence-electron chi connectivity index (χ4n) is 3.13. The molecule has 1 aliphatic heterocycles. The average Bonchev–Trinajstić information content (AvgIpc) is 2.88. The Morgan fingerprint density at radius 2 is 2.00 bits per heavy atom. The highest BCUT2D eigenvalue weighted by Gasteiger charge is 2.34. The van der Waals surface area contributed by atoms with Crippen molar-refractivity contribution in [3.63, 3.8) is 0 Å². The lowest BCUT2D eigenvalue weighted by molar-refractivity contribution is 0.144. The molecule has 0 aromatic heterocycles. The van der Waals surface area contributed by atoms with Gasteiger partial charge in [0.15, 0.2) is 16.1 Å². The summed E-state index contributed by atoms with van der Waals surface area (Å²) in [4.78, 5) is 14.1. The number of nitrogens with zero attached hydrogens (tertiary/aromatic N) is 1. The molecule has 1 aromatic rings. The van der Waals surface area contributed by atoms with Crippen LogP contribution in [0.2, 0.25) is 0 Å². The third-order valence-corrected chi connectivity index (χ3v) is 6.17. The fourth-order valence-corrected chi connectivity index (χ4v) is 4.86. The standard InChI is InChI=1S/C18H28N2O4S/c1-5-20(15-10-11-25(22,23)12-15)18(21)19-14(4)24-17-9-7-6-8-16(17)13(2)3/h6-9,13-15H,5,10-12H2,1-4H3,(H,19,21). The number of hydrogen-bond acceptors (Lipinski definition) is 4. The Kier molecular flexibility index (Phi) is 6.32. The van der Waals surface area contributed by atoms with E-state index in [2.05, 4.69) is 19.2 Å².